The van der Waals surface area contributed by atoms with Crippen molar-refractivity contribution in [2.45, 2.75) is 51.0 Å². The first-order valence-electron chi connectivity index (χ1n) is 8.71. The summed E-state index contributed by atoms with van der Waals surface area (Å²) < 4.78 is 17.6. The molecule has 0 amide bonds. The van der Waals surface area contributed by atoms with Gasteiger partial charge in [-0.25, -0.2) is 0 Å². The van der Waals surface area contributed by atoms with E-state index in [2.05, 4.69) is 30.2 Å². The minimum atomic E-state index is -0.400. The number of hydrogen-bond donors (Lipinski definition) is 1. The Labute approximate surface area is 138 Å². The van der Waals surface area contributed by atoms with E-state index in [-0.39, 0.29) is 12.1 Å². The number of pyridine rings is 1. The molecule has 1 aromatic rings. The Balaban J connectivity index is 1.55. The van der Waals surface area contributed by atoms with Crippen LogP contribution in [0.25, 0.3) is 0 Å². The molecule has 3 rings (SSSR count). The van der Waals surface area contributed by atoms with E-state index in [0.29, 0.717) is 12.5 Å². The Bertz CT molecular complexity index is 474. The van der Waals surface area contributed by atoms with Gasteiger partial charge in [-0.3, -0.25) is 4.98 Å². The third-order valence-corrected chi connectivity index (χ3v) is 4.51. The lowest BCUT2D eigenvalue weighted by molar-refractivity contribution is -0.210. The Kier molecular flexibility index (Phi) is 5.64. The van der Waals surface area contributed by atoms with Crippen molar-refractivity contribution < 1.29 is 14.2 Å². The van der Waals surface area contributed by atoms with Crippen molar-refractivity contribution in [3.63, 3.8) is 0 Å². The fourth-order valence-corrected chi connectivity index (χ4v) is 3.30. The summed E-state index contributed by atoms with van der Waals surface area (Å²) in [7, 11) is 0. The summed E-state index contributed by atoms with van der Waals surface area (Å²) in [4.78, 5) is 4.51. The average Bonchev–Trinajstić information content (AvgIpc) is 2.95. The summed E-state index contributed by atoms with van der Waals surface area (Å²) in [6.07, 6.45) is 4.69. The molecule has 1 aromatic heterocycles. The van der Waals surface area contributed by atoms with Gasteiger partial charge in [0.05, 0.1) is 31.6 Å². The quantitative estimate of drug-likeness (QED) is 0.873. The van der Waals surface area contributed by atoms with Gasteiger partial charge in [-0.05, 0) is 24.5 Å². The number of nitrogens with one attached hydrogen (secondary N) is 1. The summed E-state index contributed by atoms with van der Waals surface area (Å²) in [5, 5.41) is 3.63. The van der Waals surface area contributed by atoms with Crippen molar-refractivity contribution in [3.8, 4) is 0 Å². The van der Waals surface area contributed by atoms with Gasteiger partial charge in [-0.2, -0.15) is 0 Å². The van der Waals surface area contributed by atoms with Crippen LogP contribution in [0.1, 0.15) is 44.8 Å². The zero-order valence-electron chi connectivity index (χ0n) is 14.2. The van der Waals surface area contributed by atoms with Gasteiger partial charge >= 0.3 is 0 Å². The molecule has 23 heavy (non-hydrogen) atoms. The number of nitrogens with zero attached hydrogens (tertiary/aromatic N) is 1. The van der Waals surface area contributed by atoms with Crippen molar-refractivity contribution in [2.75, 3.05) is 26.4 Å². The highest BCUT2D eigenvalue weighted by Crippen LogP contribution is 2.33. The van der Waals surface area contributed by atoms with E-state index in [9.17, 15) is 0 Å². The molecule has 0 radical (unpaired) electrons. The highest BCUT2D eigenvalue weighted by molar-refractivity contribution is 5.09. The Morgan fingerprint density at radius 1 is 1.30 bits per heavy atom. The predicted octanol–water partition coefficient (Wildman–Crippen LogP) is 2.68. The molecule has 128 valence electrons. The van der Waals surface area contributed by atoms with Crippen LogP contribution in [0.3, 0.4) is 0 Å². The maximum atomic E-state index is 6.20. The van der Waals surface area contributed by atoms with Crippen LogP contribution in [0.2, 0.25) is 0 Å². The predicted molar refractivity (Wildman–Crippen MR) is 88.0 cm³/mol. The summed E-state index contributed by atoms with van der Waals surface area (Å²) in [5.74, 6) is 0.209. The van der Waals surface area contributed by atoms with Crippen LogP contribution in [-0.4, -0.2) is 43.2 Å². The number of ether oxygens (including phenoxy) is 3. The first-order valence-corrected chi connectivity index (χ1v) is 8.71. The molecular weight excluding hydrogens is 292 g/mol. The molecule has 1 N–H and O–H groups in total. The van der Waals surface area contributed by atoms with Gasteiger partial charge in [0.1, 0.15) is 0 Å². The standard InChI is InChI=1S/C18H28N2O3/c1-14(2)11-17(16-5-3-4-8-19-16)20-12-15-13-22-18(23-15)6-9-21-10-7-18/h3-5,8,14-15,17,20H,6-7,9-13H2,1-2H3/t15-,17+/m0/s1. The normalized spacial score (nSPS) is 25.1. The van der Waals surface area contributed by atoms with Gasteiger partial charge in [0.15, 0.2) is 5.79 Å². The fraction of sp³-hybridized carbons (Fsp3) is 0.722. The van der Waals surface area contributed by atoms with E-state index in [1.165, 1.54) is 0 Å². The largest absolute Gasteiger partial charge is 0.381 e. The lowest BCUT2D eigenvalue weighted by Gasteiger charge is -2.32. The Morgan fingerprint density at radius 3 is 2.83 bits per heavy atom. The molecule has 5 nitrogen and oxygen atoms in total. The molecule has 3 heterocycles. The van der Waals surface area contributed by atoms with Crippen LogP contribution in [0.5, 0.6) is 0 Å². The SMILES string of the molecule is CC(C)C[C@@H](NC[C@H]1COC2(CCOCC2)O1)c1ccccn1. The first-order chi connectivity index (χ1) is 11.2. The minimum Gasteiger partial charge on any atom is -0.381 e. The van der Waals surface area contributed by atoms with Gasteiger partial charge in [0, 0.05) is 31.6 Å². The molecule has 0 unspecified atom stereocenters. The topological polar surface area (TPSA) is 52.6 Å². The van der Waals surface area contributed by atoms with Crippen LogP contribution in [0, 0.1) is 5.92 Å². The monoisotopic (exact) mass is 320 g/mol. The number of hydrogen-bond acceptors (Lipinski definition) is 5. The smallest absolute Gasteiger partial charge is 0.173 e. The highest BCUT2D eigenvalue weighted by atomic mass is 16.7. The van der Waals surface area contributed by atoms with Crippen molar-refractivity contribution >= 4 is 0 Å². The Hall–Kier alpha value is -1.01. The lowest BCUT2D eigenvalue weighted by atomic mass is 10.0. The zero-order chi connectivity index (χ0) is 16.1. The van der Waals surface area contributed by atoms with Crippen LogP contribution in [-0.2, 0) is 14.2 Å². The van der Waals surface area contributed by atoms with Gasteiger partial charge in [0.25, 0.3) is 0 Å². The van der Waals surface area contributed by atoms with E-state index in [1.54, 1.807) is 0 Å². The van der Waals surface area contributed by atoms with Crippen LogP contribution >= 0.6 is 0 Å². The average molecular weight is 320 g/mol. The van der Waals surface area contributed by atoms with E-state index < -0.39 is 5.79 Å². The zero-order valence-corrected chi connectivity index (χ0v) is 14.2. The maximum absolute atomic E-state index is 6.20. The number of rotatable bonds is 6. The molecule has 2 atom stereocenters. The second-order valence-electron chi connectivity index (χ2n) is 6.92. The second-order valence-corrected chi connectivity index (χ2v) is 6.92. The van der Waals surface area contributed by atoms with Crippen LogP contribution in [0.15, 0.2) is 24.4 Å². The lowest BCUT2D eigenvalue weighted by Crippen LogP contribution is -2.39. The highest BCUT2D eigenvalue weighted by Gasteiger charge is 2.42. The molecule has 2 fully saturated rings. The number of aromatic nitrogens is 1. The van der Waals surface area contributed by atoms with Crippen molar-refractivity contribution in [1.29, 1.82) is 0 Å². The van der Waals surface area contributed by atoms with Crippen LogP contribution in [0.4, 0.5) is 0 Å². The maximum Gasteiger partial charge on any atom is 0.173 e. The fourth-order valence-electron chi connectivity index (χ4n) is 3.30. The molecular formula is C18H28N2O3. The summed E-state index contributed by atoms with van der Waals surface area (Å²) in [6, 6.07) is 6.35. The second kappa shape index (κ2) is 7.71. The summed E-state index contributed by atoms with van der Waals surface area (Å²) in [5.41, 5.74) is 1.10. The molecule has 5 heteroatoms. The third kappa shape index (κ3) is 4.51. The molecule has 2 aliphatic rings. The summed E-state index contributed by atoms with van der Waals surface area (Å²) in [6.45, 7) is 7.38. The Morgan fingerprint density at radius 2 is 2.13 bits per heavy atom. The van der Waals surface area contributed by atoms with E-state index in [0.717, 1.165) is 44.7 Å². The third-order valence-electron chi connectivity index (χ3n) is 4.51. The first kappa shape index (κ1) is 16.8. The minimum absolute atomic E-state index is 0.103. The molecule has 0 aliphatic carbocycles. The molecule has 0 aromatic carbocycles. The molecule has 0 bridgehead atoms. The van der Waals surface area contributed by atoms with Crippen molar-refractivity contribution in [1.82, 2.24) is 10.3 Å². The molecule has 1 spiro atoms. The van der Waals surface area contributed by atoms with Gasteiger partial charge in [-0.1, -0.05) is 19.9 Å². The molecule has 2 saturated heterocycles. The van der Waals surface area contributed by atoms with Crippen LogP contribution < -0.4 is 5.32 Å². The van der Waals surface area contributed by atoms with E-state index in [4.69, 9.17) is 14.2 Å². The molecule has 2 aliphatic heterocycles. The van der Waals surface area contributed by atoms with Gasteiger partial charge in [-0.15, -0.1) is 0 Å². The van der Waals surface area contributed by atoms with E-state index in [1.807, 2.05) is 18.3 Å². The van der Waals surface area contributed by atoms with Crippen molar-refractivity contribution in [3.05, 3.63) is 30.1 Å². The van der Waals surface area contributed by atoms with Gasteiger partial charge in [0.2, 0.25) is 0 Å². The van der Waals surface area contributed by atoms with E-state index >= 15 is 0 Å². The van der Waals surface area contributed by atoms with Crippen molar-refractivity contribution in [2.24, 2.45) is 5.92 Å². The summed E-state index contributed by atoms with van der Waals surface area (Å²) >= 11 is 0. The van der Waals surface area contributed by atoms with Gasteiger partial charge < -0.3 is 19.5 Å². The molecule has 0 saturated carbocycles.